The summed E-state index contributed by atoms with van der Waals surface area (Å²) >= 11 is 0. The lowest BCUT2D eigenvalue weighted by atomic mass is 9.98. The van der Waals surface area contributed by atoms with E-state index in [1.165, 1.54) is 0 Å². The number of carbonyl (C=O) groups is 1. The monoisotopic (exact) mass is 253 g/mol. The van der Waals surface area contributed by atoms with Gasteiger partial charge in [-0.25, -0.2) is 0 Å². The van der Waals surface area contributed by atoms with Crippen LogP contribution in [-0.4, -0.2) is 29.3 Å². The van der Waals surface area contributed by atoms with Crippen molar-refractivity contribution in [2.75, 3.05) is 13.2 Å². The Morgan fingerprint density at radius 3 is 2.94 bits per heavy atom. The molecule has 100 valence electrons. The van der Waals surface area contributed by atoms with E-state index in [2.05, 4.69) is 15.5 Å². The van der Waals surface area contributed by atoms with Crippen LogP contribution in [0.2, 0.25) is 0 Å². The van der Waals surface area contributed by atoms with Gasteiger partial charge in [-0.05, 0) is 18.8 Å². The molecule has 1 fully saturated rings. The Hall–Kier alpha value is -1.43. The third-order valence-electron chi connectivity index (χ3n) is 2.98. The zero-order valence-corrected chi connectivity index (χ0v) is 10.6. The molecular weight excluding hydrogens is 234 g/mol. The smallest absolute Gasteiger partial charge is 0.235 e. The second kappa shape index (κ2) is 6.49. The fourth-order valence-corrected chi connectivity index (χ4v) is 1.98. The summed E-state index contributed by atoms with van der Waals surface area (Å²) in [5, 5.41) is 10.5. The van der Waals surface area contributed by atoms with Crippen LogP contribution in [-0.2, 0) is 22.5 Å². The highest BCUT2D eigenvalue weighted by Gasteiger charge is 2.17. The first-order valence-electron chi connectivity index (χ1n) is 6.43. The maximum atomic E-state index is 11.7. The molecule has 0 aliphatic carbocycles. The first-order chi connectivity index (χ1) is 8.78. The van der Waals surface area contributed by atoms with Crippen LogP contribution < -0.4 is 5.32 Å². The first-order valence-corrected chi connectivity index (χ1v) is 6.43. The summed E-state index contributed by atoms with van der Waals surface area (Å²) in [5.41, 5.74) is 0. The van der Waals surface area contributed by atoms with Crippen LogP contribution >= 0.6 is 0 Å². The molecule has 1 saturated heterocycles. The van der Waals surface area contributed by atoms with E-state index in [0.29, 0.717) is 43.7 Å². The third kappa shape index (κ3) is 3.80. The normalized spacial score (nSPS) is 19.7. The summed E-state index contributed by atoms with van der Waals surface area (Å²) in [6.07, 6.45) is 3.32. The highest BCUT2D eigenvalue weighted by molar-refractivity contribution is 5.76. The van der Waals surface area contributed by atoms with Gasteiger partial charge in [0, 0.05) is 26.1 Å². The van der Waals surface area contributed by atoms with Crippen LogP contribution in [0.25, 0.3) is 0 Å². The van der Waals surface area contributed by atoms with Crippen LogP contribution in [0.1, 0.15) is 38.0 Å². The molecule has 0 aromatic carbocycles. The number of hydrogen-bond donors (Lipinski definition) is 1. The van der Waals surface area contributed by atoms with E-state index >= 15 is 0 Å². The predicted molar refractivity (Wildman–Crippen MR) is 63.7 cm³/mol. The lowest BCUT2D eigenvalue weighted by Gasteiger charge is -2.21. The lowest BCUT2D eigenvalue weighted by molar-refractivity contribution is -0.123. The van der Waals surface area contributed by atoms with Gasteiger partial charge in [0.1, 0.15) is 0 Å². The predicted octanol–water partition coefficient (Wildman–Crippen LogP) is 1.06. The number of aryl methyl sites for hydroxylation is 1. The van der Waals surface area contributed by atoms with Gasteiger partial charge < -0.3 is 14.5 Å². The average Bonchev–Trinajstić information content (AvgIpc) is 2.85. The fraction of sp³-hybridized carbons (Fsp3) is 0.750. The van der Waals surface area contributed by atoms with Gasteiger partial charge in [-0.15, -0.1) is 10.2 Å². The molecule has 18 heavy (non-hydrogen) atoms. The van der Waals surface area contributed by atoms with E-state index in [9.17, 15) is 4.79 Å². The summed E-state index contributed by atoms with van der Waals surface area (Å²) in [7, 11) is 0. The van der Waals surface area contributed by atoms with Gasteiger partial charge in [0.05, 0.1) is 6.54 Å². The second-order valence-corrected chi connectivity index (χ2v) is 4.51. The van der Waals surface area contributed by atoms with Gasteiger partial charge >= 0.3 is 0 Å². The zero-order valence-electron chi connectivity index (χ0n) is 10.6. The molecule has 0 saturated carbocycles. The molecule has 1 amide bonds. The van der Waals surface area contributed by atoms with Crippen LogP contribution in [0.5, 0.6) is 0 Å². The minimum absolute atomic E-state index is 0.0155. The van der Waals surface area contributed by atoms with Gasteiger partial charge in [-0.3, -0.25) is 4.79 Å². The molecule has 1 aromatic heterocycles. The summed E-state index contributed by atoms with van der Waals surface area (Å²) in [6.45, 7) is 3.76. The number of rotatable bonds is 5. The van der Waals surface area contributed by atoms with Gasteiger partial charge in [-0.2, -0.15) is 0 Å². The van der Waals surface area contributed by atoms with Crippen molar-refractivity contribution in [3.63, 3.8) is 0 Å². The Morgan fingerprint density at radius 2 is 2.28 bits per heavy atom. The zero-order chi connectivity index (χ0) is 12.8. The quantitative estimate of drug-likeness (QED) is 0.849. The molecule has 6 nitrogen and oxygen atoms in total. The van der Waals surface area contributed by atoms with Crippen LogP contribution in [0.4, 0.5) is 0 Å². The minimum Gasteiger partial charge on any atom is -0.423 e. The van der Waals surface area contributed by atoms with Crippen molar-refractivity contribution in [2.24, 2.45) is 5.92 Å². The Labute approximate surface area is 106 Å². The van der Waals surface area contributed by atoms with E-state index in [0.717, 1.165) is 19.4 Å². The molecule has 1 aliphatic rings. The fourth-order valence-electron chi connectivity index (χ4n) is 1.98. The third-order valence-corrected chi connectivity index (χ3v) is 2.98. The number of amides is 1. The molecule has 1 aliphatic heterocycles. The van der Waals surface area contributed by atoms with Crippen molar-refractivity contribution in [2.45, 2.75) is 39.2 Å². The number of ether oxygens (including phenoxy) is 1. The van der Waals surface area contributed by atoms with Gasteiger partial charge in [0.15, 0.2) is 0 Å². The van der Waals surface area contributed by atoms with Crippen molar-refractivity contribution in [1.29, 1.82) is 0 Å². The number of carbonyl (C=O) groups excluding carboxylic acids is 1. The maximum Gasteiger partial charge on any atom is 0.235 e. The molecule has 6 heteroatoms. The topological polar surface area (TPSA) is 77.2 Å². The van der Waals surface area contributed by atoms with Crippen LogP contribution in [0, 0.1) is 5.92 Å². The Balaban J connectivity index is 1.70. The molecule has 1 N–H and O–H groups in total. The van der Waals surface area contributed by atoms with Crippen molar-refractivity contribution >= 4 is 5.91 Å². The van der Waals surface area contributed by atoms with Crippen LogP contribution in [0.3, 0.4) is 0 Å². The van der Waals surface area contributed by atoms with E-state index in [1.54, 1.807) is 0 Å². The Kier molecular flexibility index (Phi) is 4.69. The summed E-state index contributed by atoms with van der Waals surface area (Å²) in [4.78, 5) is 11.7. The molecule has 1 atom stereocenters. The summed E-state index contributed by atoms with van der Waals surface area (Å²) < 4.78 is 10.7. The van der Waals surface area contributed by atoms with Gasteiger partial charge in [0.25, 0.3) is 0 Å². The van der Waals surface area contributed by atoms with Gasteiger partial charge in [0.2, 0.25) is 17.7 Å². The SMILES string of the molecule is CCc1nnc(CNC(=O)CC2CCCOC2)o1. The Bertz CT molecular complexity index is 386. The molecular formula is C12H19N3O3. The molecule has 0 radical (unpaired) electrons. The molecule has 0 spiro atoms. The average molecular weight is 253 g/mol. The second-order valence-electron chi connectivity index (χ2n) is 4.51. The largest absolute Gasteiger partial charge is 0.423 e. The van der Waals surface area contributed by atoms with Crippen molar-refractivity contribution in [3.05, 3.63) is 11.8 Å². The maximum absolute atomic E-state index is 11.7. The highest BCUT2D eigenvalue weighted by atomic mass is 16.5. The number of hydrogen-bond acceptors (Lipinski definition) is 5. The van der Waals surface area contributed by atoms with Crippen molar-refractivity contribution < 1.29 is 13.9 Å². The number of aromatic nitrogens is 2. The molecule has 2 heterocycles. The van der Waals surface area contributed by atoms with E-state index in [-0.39, 0.29) is 5.91 Å². The van der Waals surface area contributed by atoms with E-state index in [4.69, 9.17) is 9.15 Å². The first kappa shape index (κ1) is 13.0. The summed E-state index contributed by atoms with van der Waals surface area (Å²) in [6, 6.07) is 0. The van der Waals surface area contributed by atoms with Crippen molar-refractivity contribution in [3.8, 4) is 0 Å². The van der Waals surface area contributed by atoms with Crippen molar-refractivity contribution in [1.82, 2.24) is 15.5 Å². The van der Waals surface area contributed by atoms with Crippen LogP contribution in [0.15, 0.2) is 4.42 Å². The number of nitrogens with one attached hydrogen (secondary N) is 1. The minimum atomic E-state index is 0.0155. The summed E-state index contributed by atoms with van der Waals surface area (Å²) in [5.74, 6) is 1.41. The number of nitrogens with zero attached hydrogens (tertiary/aromatic N) is 2. The Morgan fingerprint density at radius 1 is 1.44 bits per heavy atom. The highest BCUT2D eigenvalue weighted by Crippen LogP contribution is 2.16. The van der Waals surface area contributed by atoms with Gasteiger partial charge in [-0.1, -0.05) is 6.92 Å². The van der Waals surface area contributed by atoms with E-state index < -0.39 is 0 Å². The standard InChI is InChI=1S/C12H19N3O3/c1-2-11-14-15-12(18-11)7-13-10(16)6-9-4-3-5-17-8-9/h9H,2-8H2,1H3,(H,13,16). The molecule has 2 rings (SSSR count). The molecule has 0 bridgehead atoms. The van der Waals surface area contributed by atoms with E-state index in [1.807, 2.05) is 6.92 Å². The lowest BCUT2D eigenvalue weighted by Crippen LogP contribution is -2.28. The molecule has 1 aromatic rings. The molecule has 1 unspecified atom stereocenters.